The van der Waals surface area contributed by atoms with E-state index in [1.807, 2.05) is 18.2 Å². The Kier molecular flexibility index (Phi) is 5.27. The van der Waals surface area contributed by atoms with Crippen molar-refractivity contribution < 1.29 is 14.3 Å². The van der Waals surface area contributed by atoms with Gasteiger partial charge < -0.3 is 19.3 Å². The zero-order chi connectivity index (χ0) is 15.2. The molecule has 6 heteroatoms. The third kappa shape index (κ3) is 4.01. The summed E-state index contributed by atoms with van der Waals surface area (Å²) in [5.41, 5.74) is 1.71. The normalized spacial score (nSPS) is 15.7. The van der Waals surface area contributed by atoms with Gasteiger partial charge in [-0.2, -0.15) is 0 Å². The molecule has 1 aliphatic rings. The molecular weight excluding hydrogens is 270 g/mol. The van der Waals surface area contributed by atoms with E-state index in [4.69, 9.17) is 9.47 Å². The molecule has 1 saturated heterocycles. The first-order valence-corrected chi connectivity index (χ1v) is 7.19. The molecule has 1 fully saturated rings. The van der Waals surface area contributed by atoms with Gasteiger partial charge in [0.25, 0.3) is 0 Å². The second-order valence-corrected chi connectivity index (χ2v) is 5.02. The lowest BCUT2D eigenvalue weighted by molar-refractivity contribution is 0.168. The highest BCUT2D eigenvalue weighted by Crippen LogP contribution is 2.30. The van der Waals surface area contributed by atoms with Crippen LogP contribution in [0, 0.1) is 0 Å². The number of nitrogens with one attached hydrogen (secondary N) is 1. The fraction of sp³-hybridized carbons (Fsp3) is 0.533. The first-order chi connectivity index (χ1) is 10.1. The second-order valence-electron chi connectivity index (χ2n) is 5.02. The van der Waals surface area contributed by atoms with E-state index >= 15 is 0 Å². The maximum Gasteiger partial charge on any atom is 0.411 e. The predicted molar refractivity (Wildman–Crippen MR) is 83.3 cm³/mol. The Labute approximate surface area is 125 Å². The molecule has 1 aromatic rings. The lowest BCUT2D eigenvalue weighted by Gasteiger charge is -2.34. The van der Waals surface area contributed by atoms with Gasteiger partial charge in [0.15, 0.2) is 0 Å². The van der Waals surface area contributed by atoms with Gasteiger partial charge in [0.05, 0.1) is 19.4 Å². The smallest absolute Gasteiger partial charge is 0.411 e. The van der Waals surface area contributed by atoms with Crippen LogP contribution in [0.25, 0.3) is 0 Å². The molecule has 1 heterocycles. The number of anilines is 2. The van der Waals surface area contributed by atoms with Crippen LogP contribution >= 0.6 is 0 Å². The Hall–Kier alpha value is -1.95. The van der Waals surface area contributed by atoms with E-state index in [1.165, 1.54) is 0 Å². The molecule has 0 spiro atoms. The number of likely N-dealkylation sites (N-methyl/N-ethyl adjacent to an activating group) is 1. The first-order valence-electron chi connectivity index (χ1n) is 7.19. The summed E-state index contributed by atoms with van der Waals surface area (Å²) >= 11 is 0. The average Bonchev–Trinajstić information content (AvgIpc) is 2.48. The molecule has 0 aliphatic carbocycles. The van der Waals surface area contributed by atoms with Crippen molar-refractivity contribution in [1.82, 2.24) is 4.90 Å². The zero-order valence-corrected chi connectivity index (χ0v) is 12.9. The SMILES string of the molecule is CCOC(=O)Nc1cc(N2CCN(C)CC2)ccc1OC. The van der Waals surface area contributed by atoms with E-state index in [1.54, 1.807) is 14.0 Å². The zero-order valence-electron chi connectivity index (χ0n) is 12.9. The van der Waals surface area contributed by atoms with Crippen LogP contribution in [0.4, 0.5) is 16.2 Å². The average molecular weight is 293 g/mol. The molecule has 2 rings (SSSR count). The lowest BCUT2D eigenvalue weighted by Crippen LogP contribution is -2.44. The molecule has 6 nitrogen and oxygen atoms in total. The number of benzene rings is 1. The molecule has 1 aliphatic heterocycles. The van der Waals surface area contributed by atoms with Gasteiger partial charge >= 0.3 is 6.09 Å². The molecule has 0 radical (unpaired) electrons. The molecular formula is C15H23N3O3. The Morgan fingerprint density at radius 2 is 2.00 bits per heavy atom. The molecule has 21 heavy (non-hydrogen) atoms. The number of hydrogen-bond donors (Lipinski definition) is 1. The minimum atomic E-state index is -0.466. The van der Waals surface area contributed by atoms with Crippen LogP contribution in [0.5, 0.6) is 5.75 Å². The molecule has 1 N–H and O–H groups in total. The number of piperazine rings is 1. The summed E-state index contributed by atoms with van der Waals surface area (Å²) in [4.78, 5) is 16.2. The minimum absolute atomic E-state index is 0.340. The summed E-state index contributed by atoms with van der Waals surface area (Å²) in [5.74, 6) is 0.626. The van der Waals surface area contributed by atoms with Crippen molar-refractivity contribution in [2.75, 3.05) is 57.2 Å². The van der Waals surface area contributed by atoms with Gasteiger partial charge in [-0.1, -0.05) is 0 Å². The van der Waals surface area contributed by atoms with E-state index in [2.05, 4.69) is 22.2 Å². The number of ether oxygens (including phenoxy) is 2. The van der Waals surface area contributed by atoms with Gasteiger partial charge in [0, 0.05) is 31.9 Å². The largest absolute Gasteiger partial charge is 0.495 e. The summed E-state index contributed by atoms with van der Waals surface area (Å²) in [7, 11) is 3.71. The molecule has 1 amide bonds. The highest BCUT2D eigenvalue weighted by atomic mass is 16.5. The molecule has 0 bridgehead atoms. The van der Waals surface area contributed by atoms with Gasteiger partial charge in [-0.15, -0.1) is 0 Å². The summed E-state index contributed by atoms with van der Waals surface area (Å²) < 4.78 is 10.2. The Bertz CT molecular complexity index is 485. The van der Waals surface area contributed by atoms with Crippen LogP contribution in [0.1, 0.15) is 6.92 Å². The maximum atomic E-state index is 11.6. The van der Waals surface area contributed by atoms with Crippen LogP contribution in [-0.2, 0) is 4.74 Å². The van der Waals surface area contributed by atoms with E-state index in [0.717, 1.165) is 31.9 Å². The number of carbonyl (C=O) groups excluding carboxylic acids is 1. The number of carbonyl (C=O) groups is 1. The third-order valence-corrected chi connectivity index (χ3v) is 3.56. The number of nitrogens with zero attached hydrogens (tertiary/aromatic N) is 2. The quantitative estimate of drug-likeness (QED) is 0.920. The van der Waals surface area contributed by atoms with Crippen molar-refractivity contribution in [2.45, 2.75) is 6.92 Å². The highest BCUT2D eigenvalue weighted by Gasteiger charge is 2.16. The van der Waals surface area contributed by atoms with Gasteiger partial charge in [0.2, 0.25) is 0 Å². The van der Waals surface area contributed by atoms with Crippen molar-refractivity contribution in [2.24, 2.45) is 0 Å². The second kappa shape index (κ2) is 7.17. The Morgan fingerprint density at radius 1 is 1.29 bits per heavy atom. The van der Waals surface area contributed by atoms with E-state index in [9.17, 15) is 4.79 Å². The minimum Gasteiger partial charge on any atom is -0.495 e. The van der Waals surface area contributed by atoms with Gasteiger partial charge in [-0.25, -0.2) is 4.79 Å². The van der Waals surface area contributed by atoms with Crippen molar-refractivity contribution in [1.29, 1.82) is 0 Å². The van der Waals surface area contributed by atoms with Crippen molar-refractivity contribution in [3.05, 3.63) is 18.2 Å². The summed E-state index contributed by atoms with van der Waals surface area (Å²) in [6.07, 6.45) is -0.466. The van der Waals surface area contributed by atoms with Crippen molar-refractivity contribution in [3.8, 4) is 5.75 Å². The van der Waals surface area contributed by atoms with Crippen LogP contribution in [0.3, 0.4) is 0 Å². The number of methoxy groups -OCH3 is 1. The van der Waals surface area contributed by atoms with E-state index < -0.39 is 6.09 Å². The van der Waals surface area contributed by atoms with Crippen LogP contribution in [-0.4, -0.2) is 57.9 Å². The topological polar surface area (TPSA) is 54.0 Å². The van der Waals surface area contributed by atoms with E-state index in [0.29, 0.717) is 18.0 Å². The molecule has 0 unspecified atom stereocenters. The predicted octanol–water partition coefficient (Wildman–Crippen LogP) is 2.02. The van der Waals surface area contributed by atoms with Crippen molar-refractivity contribution >= 4 is 17.5 Å². The standard InChI is InChI=1S/C15H23N3O3/c1-4-21-15(19)16-13-11-12(5-6-14(13)20-3)18-9-7-17(2)8-10-18/h5-6,11H,4,7-10H2,1-3H3,(H,16,19). The molecule has 116 valence electrons. The van der Waals surface area contributed by atoms with Crippen LogP contribution in [0.15, 0.2) is 18.2 Å². The summed E-state index contributed by atoms with van der Waals surface area (Å²) in [6, 6.07) is 5.82. The molecule has 0 saturated carbocycles. The Morgan fingerprint density at radius 3 is 2.62 bits per heavy atom. The molecule has 0 aromatic heterocycles. The fourth-order valence-electron chi connectivity index (χ4n) is 2.33. The Balaban J connectivity index is 2.14. The van der Waals surface area contributed by atoms with Gasteiger partial charge in [-0.3, -0.25) is 5.32 Å². The van der Waals surface area contributed by atoms with E-state index in [-0.39, 0.29) is 0 Å². The third-order valence-electron chi connectivity index (χ3n) is 3.56. The van der Waals surface area contributed by atoms with Crippen LogP contribution < -0.4 is 15.0 Å². The maximum absolute atomic E-state index is 11.6. The lowest BCUT2D eigenvalue weighted by atomic mass is 10.2. The first kappa shape index (κ1) is 15.4. The fourth-order valence-corrected chi connectivity index (χ4v) is 2.33. The van der Waals surface area contributed by atoms with Crippen molar-refractivity contribution in [3.63, 3.8) is 0 Å². The number of amides is 1. The summed E-state index contributed by atoms with van der Waals surface area (Å²) in [5, 5.41) is 2.73. The van der Waals surface area contributed by atoms with Crippen LogP contribution in [0.2, 0.25) is 0 Å². The van der Waals surface area contributed by atoms with Gasteiger partial charge in [-0.05, 0) is 32.2 Å². The van der Waals surface area contributed by atoms with Gasteiger partial charge in [0.1, 0.15) is 5.75 Å². The summed E-state index contributed by atoms with van der Waals surface area (Å²) in [6.45, 7) is 6.13. The molecule has 0 atom stereocenters. The molecule has 1 aromatic carbocycles. The number of rotatable bonds is 4. The monoisotopic (exact) mass is 293 g/mol. The number of hydrogen-bond acceptors (Lipinski definition) is 5. The highest BCUT2D eigenvalue weighted by molar-refractivity contribution is 5.87.